The van der Waals surface area contributed by atoms with Gasteiger partial charge in [0.1, 0.15) is 5.70 Å². The summed E-state index contributed by atoms with van der Waals surface area (Å²) in [5.41, 5.74) is 2.81. The molecular weight excluding hydrogens is 378 g/mol. The highest BCUT2D eigenvalue weighted by molar-refractivity contribution is 6.45. The maximum absolute atomic E-state index is 13.5. The second kappa shape index (κ2) is 8.14. The summed E-state index contributed by atoms with van der Waals surface area (Å²) in [5.74, 6) is -0.162. The van der Waals surface area contributed by atoms with Crippen LogP contribution >= 0.6 is 0 Å². The van der Waals surface area contributed by atoms with Crippen molar-refractivity contribution in [2.75, 3.05) is 23.3 Å². The Bertz CT molecular complexity index is 1000. The van der Waals surface area contributed by atoms with Crippen LogP contribution in [0.15, 0.2) is 60.3 Å². The van der Waals surface area contributed by atoms with Gasteiger partial charge in [-0.15, -0.1) is 0 Å². The molecule has 2 aromatic carbocycles. The highest BCUT2D eigenvalue weighted by Gasteiger charge is 2.42. The molecule has 0 aliphatic carbocycles. The Morgan fingerprint density at radius 1 is 0.933 bits per heavy atom. The molecule has 6 heteroatoms. The molecule has 4 rings (SSSR count). The van der Waals surface area contributed by atoms with Gasteiger partial charge >= 0.3 is 0 Å². The first-order valence-electron chi connectivity index (χ1n) is 10.3. The van der Waals surface area contributed by atoms with Crippen LogP contribution in [0.25, 0.3) is 5.57 Å². The average Bonchev–Trinajstić information content (AvgIpc) is 3.00. The minimum atomic E-state index is -0.313. The number of piperidine rings is 1. The molecule has 2 aliphatic rings. The largest absolute Gasteiger partial charge is 0.366 e. The van der Waals surface area contributed by atoms with Crippen molar-refractivity contribution in [1.29, 1.82) is 0 Å². The number of carbonyl (C=O) groups is 3. The van der Waals surface area contributed by atoms with Gasteiger partial charge in [0.25, 0.3) is 11.8 Å². The Hall–Kier alpha value is -3.41. The number of benzene rings is 2. The van der Waals surface area contributed by atoms with Gasteiger partial charge in [-0.25, -0.2) is 4.90 Å². The zero-order valence-electron chi connectivity index (χ0n) is 17.2. The summed E-state index contributed by atoms with van der Waals surface area (Å²) >= 11 is 0. The molecule has 2 aliphatic heterocycles. The third kappa shape index (κ3) is 3.73. The van der Waals surface area contributed by atoms with Crippen LogP contribution in [0.1, 0.15) is 32.3 Å². The standard InChI is InChI=1S/C24H25N3O3/c1-16-12-14-26(15-13-16)22-21(18-6-4-3-5-7-18)23(29)27(24(22)30)20-10-8-19(9-11-20)25-17(2)28/h3-11,16H,12-15H2,1-2H3,(H,25,28). The maximum Gasteiger partial charge on any atom is 0.282 e. The van der Waals surface area contributed by atoms with Crippen molar-refractivity contribution in [3.8, 4) is 0 Å². The fourth-order valence-electron chi connectivity index (χ4n) is 4.04. The lowest BCUT2D eigenvalue weighted by Gasteiger charge is -2.32. The molecule has 6 nitrogen and oxygen atoms in total. The van der Waals surface area contributed by atoms with Gasteiger partial charge in [-0.3, -0.25) is 14.4 Å². The van der Waals surface area contributed by atoms with Crippen LogP contribution in [-0.4, -0.2) is 35.7 Å². The van der Waals surface area contributed by atoms with E-state index in [-0.39, 0.29) is 17.7 Å². The molecule has 0 aromatic heterocycles. The van der Waals surface area contributed by atoms with Crippen LogP contribution < -0.4 is 10.2 Å². The summed E-state index contributed by atoms with van der Waals surface area (Å²) in [6, 6.07) is 16.1. The third-order valence-corrected chi connectivity index (χ3v) is 5.67. The molecule has 1 saturated heterocycles. The number of amides is 3. The number of nitrogens with zero attached hydrogens (tertiary/aromatic N) is 2. The average molecular weight is 403 g/mol. The van der Waals surface area contributed by atoms with Crippen molar-refractivity contribution in [2.45, 2.75) is 26.7 Å². The van der Waals surface area contributed by atoms with Crippen LogP contribution in [0.5, 0.6) is 0 Å². The third-order valence-electron chi connectivity index (χ3n) is 5.67. The van der Waals surface area contributed by atoms with Gasteiger partial charge in [0.2, 0.25) is 5.91 Å². The summed E-state index contributed by atoms with van der Waals surface area (Å²) in [7, 11) is 0. The minimum Gasteiger partial charge on any atom is -0.366 e. The lowest BCUT2D eigenvalue weighted by molar-refractivity contribution is -0.121. The van der Waals surface area contributed by atoms with E-state index < -0.39 is 0 Å². The summed E-state index contributed by atoms with van der Waals surface area (Å²) in [4.78, 5) is 41.5. The van der Waals surface area contributed by atoms with E-state index >= 15 is 0 Å². The summed E-state index contributed by atoms with van der Waals surface area (Å²) in [5, 5.41) is 2.70. The first-order chi connectivity index (χ1) is 14.5. The Balaban J connectivity index is 1.72. The van der Waals surface area contributed by atoms with E-state index in [4.69, 9.17) is 0 Å². The fraction of sp³-hybridized carbons (Fsp3) is 0.292. The molecule has 0 saturated carbocycles. The van der Waals surface area contributed by atoms with Gasteiger partial charge in [0.15, 0.2) is 0 Å². The Kier molecular flexibility index (Phi) is 5.40. The summed E-state index contributed by atoms with van der Waals surface area (Å²) in [6.07, 6.45) is 2.00. The molecular formula is C24H25N3O3. The summed E-state index contributed by atoms with van der Waals surface area (Å²) < 4.78 is 0. The van der Waals surface area contributed by atoms with E-state index in [2.05, 4.69) is 17.1 Å². The first-order valence-corrected chi connectivity index (χ1v) is 10.3. The van der Waals surface area contributed by atoms with Crippen molar-refractivity contribution >= 4 is 34.7 Å². The van der Waals surface area contributed by atoms with Gasteiger partial charge in [-0.05, 0) is 48.6 Å². The highest BCUT2D eigenvalue weighted by atomic mass is 16.2. The SMILES string of the molecule is CC(=O)Nc1ccc(N2C(=O)C(c3ccccc3)=C(N3CCC(C)CC3)C2=O)cc1. The van der Waals surface area contributed by atoms with Gasteiger partial charge in [0.05, 0.1) is 11.3 Å². The van der Waals surface area contributed by atoms with Crippen molar-refractivity contribution in [2.24, 2.45) is 5.92 Å². The van der Waals surface area contributed by atoms with Crippen LogP contribution in [0.3, 0.4) is 0 Å². The number of hydrogen-bond acceptors (Lipinski definition) is 4. The minimum absolute atomic E-state index is 0.175. The second-order valence-electron chi connectivity index (χ2n) is 7.93. The van der Waals surface area contributed by atoms with E-state index in [1.807, 2.05) is 30.3 Å². The van der Waals surface area contributed by atoms with Gasteiger partial charge in [-0.1, -0.05) is 37.3 Å². The predicted octanol–water partition coefficient (Wildman–Crippen LogP) is 3.66. The van der Waals surface area contributed by atoms with Gasteiger partial charge in [0, 0.05) is 25.7 Å². The molecule has 2 heterocycles. The van der Waals surface area contributed by atoms with Crippen molar-refractivity contribution in [1.82, 2.24) is 4.90 Å². The molecule has 3 amide bonds. The van der Waals surface area contributed by atoms with Crippen molar-refractivity contribution < 1.29 is 14.4 Å². The lowest BCUT2D eigenvalue weighted by atomic mass is 9.97. The monoisotopic (exact) mass is 403 g/mol. The fourth-order valence-corrected chi connectivity index (χ4v) is 4.04. The molecule has 1 N–H and O–H groups in total. The van der Waals surface area contributed by atoms with Crippen LogP contribution in [0.2, 0.25) is 0 Å². The number of nitrogens with one attached hydrogen (secondary N) is 1. The Labute approximate surface area is 176 Å². The van der Waals surface area contributed by atoms with E-state index in [0.29, 0.717) is 28.6 Å². The van der Waals surface area contributed by atoms with Gasteiger partial charge in [-0.2, -0.15) is 0 Å². The number of rotatable bonds is 4. The number of hydrogen-bond donors (Lipinski definition) is 1. The van der Waals surface area contributed by atoms with Gasteiger partial charge < -0.3 is 10.2 Å². The molecule has 2 aromatic rings. The van der Waals surface area contributed by atoms with E-state index in [9.17, 15) is 14.4 Å². The maximum atomic E-state index is 13.5. The van der Waals surface area contributed by atoms with E-state index in [1.54, 1.807) is 24.3 Å². The second-order valence-corrected chi connectivity index (χ2v) is 7.93. The molecule has 0 unspecified atom stereocenters. The highest BCUT2D eigenvalue weighted by Crippen LogP contribution is 2.36. The van der Waals surface area contributed by atoms with Crippen LogP contribution in [0, 0.1) is 5.92 Å². The summed E-state index contributed by atoms with van der Waals surface area (Å²) in [6.45, 7) is 5.18. The molecule has 0 atom stereocenters. The lowest BCUT2D eigenvalue weighted by Crippen LogP contribution is -2.38. The number of likely N-dealkylation sites (tertiary alicyclic amines) is 1. The van der Waals surface area contributed by atoms with Crippen molar-refractivity contribution in [3.63, 3.8) is 0 Å². The molecule has 0 radical (unpaired) electrons. The normalized spacial score (nSPS) is 17.7. The topological polar surface area (TPSA) is 69.7 Å². The zero-order chi connectivity index (χ0) is 21.3. The Morgan fingerprint density at radius 2 is 1.57 bits per heavy atom. The van der Waals surface area contributed by atoms with E-state index in [1.165, 1.54) is 11.8 Å². The predicted molar refractivity (Wildman–Crippen MR) is 117 cm³/mol. The molecule has 0 bridgehead atoms. The zero-order valence-corrected chi connectivity index (χ0v) is 17.2. The van der Waals surface area contributed by atoms with Crippen LogP contribution in [0.4, 0.5) is 11.4 Å². The number of imide groups is 1. The van der Waals surface area contributed by atoms with E-state index in [0.717, 1.165) is 31.5 Å². The quantitative estimate of drug-likeness (QED) is 0.791. The molecule has 154 valence electrons. The smallest absolute Gasteiger partial charge is 0.282 e. The van der Waals surface area contributed by atoms with Crippen LogP contribution in [-0.2, 0) is 14.4 Å². The number of carbonyl (C=O) groups excluding carboxylic acids is 3. The number of anilines is 2. The molecule has 0 spiro atoms. The first kappa shape index (κ1) is 19.9. The Morgan fingerprint density at radius 3 is 2.17 bits per heavy atom. The molecule has 30 heavy (non-hydrogen) atoms. The van der Waals surface area contributed by atoms with Crippen molar-refractivity contribution in [3.05, 3.63) is 65.9 Å². The molecule has 1 fully saturated rings.